The van der Waals surface area contributed by atoms with Crippen molar-refractivity contribution in [2.75, 3.05) is 0 Å². The fraction of sp³-hybridized carbons (Fsp3) is 0.167. The first-order chi connectivity index (χ1) is 7.95. The van der Waals surface area contributed by atoms with E-state index in [2.05, 4.69) is 0 Å². The molecule has 0 aliphatic rings. The van der Waals surface area contributed by atoms with Gasteiger partial charge in [-0.1, -0.05) is 42.0 Å². The Morgan fingerprint density at radius 1 is 1.00 bits per heavy atom. The lowest BCUT2D eigenvalue weighted by Gasteiger charge is -1.82. The van der Waals surface area contributed by atoms with Gasteiger partial charge < -0.3 is 10.2 Å². The molecule has 0 fully saturated rings. The summed E-state index contributed by atoms with van der Waals surface area (Å²) in [5.41, 5.74) is 0. The fourth-order valence-electron chi connectivity index (χ4n) is 0.501. The third kappa shape index (κ3) is 16.8. The third-order valence-electron chi connectivity index (χ3n) is 1.18. The molecule has 0 aliphatic carbocycles. The highest BCUT2D eigenvalue weighted by Crippen LogP contribution is 1.99. The zero-order valence-corrected chi connectivity index (χ0v) is 10.4. The molecular weight excluding hydrogens is 244 g/mol. The molecule has 0 aromatic carbocycles. The summed E-state index contributed by atoms with van der Waals surface area (Å²) in [6, 6.07) is 0. The van der Waals surface area contributed by atoms with Crippen molar-refractivity contribution in [3.63, 3.8) is 0 Å². The minimum absolute atomic E-state index is 0.173. The second-order valence-corrected chi connectivity index (χ2v) is 2.98. The summed E-state index contributed by atoms with van der Waals surface area (Å²) < 4.78 is 0. The molecule has 0 unspecified atom stereocenters. The lowest BCUT2D eigenvalue weighted by Crippen LogP contribution is -1.91. The molecule has 0 aromatic heterocycles. The van der Waals surface area contributed by atoms with E-state index in [9.17, 15) is 9.59 Å². The fourth-order valence-corrected chi connectivity index (χ4v) is 0.574. The Labute approximate surface area is 105 Å². The second-order valence-electron chi connectivity index (χ2n) is 2.57. The maximum atomic E-state index is 9.97. The number of carboxylic acid groups (broad SMARTS) is 2. The average Bonchev–Trinajstić information content (AvgIpc) is 2.26. The first-order valence-corrected chi connectivity index (χ1v) is 5.07. The molecule has 0 amide bonds. The molecule has 0 radical (unpaired) electrons. The lowest BCUT2D eigenvalue weighted by molar-refractivity contribution is -0.132. The van der Waals surface area contributed by atoms with Crippen LogP contribution in [0.2, 0.25) is 0 Å². The van der Waals surface area contributed by atoms with E-state index in [1.54, 1.807) is 31.2 Å². The number of halogens is 1. The maximum Gasteiger partial charge on any atom is 0.347 e. The molecule has 5 heteroatoms. The van der Waals surface area contributed by atoms with E-state index in [1.165, 1.54) is 12.2 Å². The molecule has 0 rings (SSSR count). The van der Waals surface area contributed by atoms with E-state index in [-0.39, 0.29) is 5.03 Å². The van der Waals surface area contributed by atoms with Gasteiger partial charge in [0, 0.05) is 6.08 Å². The predicted octanol–water partition coefficient (Wildman–Crippen LogP) is 2.97. The van der Waals surface area contributed by atoms with Crippen molar-refractivity contribution < 1.29 is 19.8 Å². The number of carbonyl (C=O) groups is 2. The third-order valence-corrected chi connectivity index (χ3v) is 1.47. The van der Waals surface area contributed by atoms with Crippen LogP contribution in [-0.4, -0.2) is 22.2 Å². The second kappa shape index (κ2) is 12.3. The van der Waals surface area contributed by atoms with Crippen LogP contribution in [0.4, 0.5) is 0 Å². The summed E-state index contributed by atoms with van der Waals surface area (Å²) in [7, 11) is 0. The largest absolute Gasteiger partial charge is 0.478 e. The Hall–Kier alpha value is -1.81. The smallest absolute Gasteiger partial charge is 0.347 e. The van der Waals surface area contributed by atoms with Crippen LogP contribution in [0.1, 0.15) is 13.8 Å². The Bertz CT molecular complexity index is 352. The summed E-state index contributed by atoms with van der Waals surface area (Å²) >= 11 is 5.20. The number of allylic oxidation sites excluding steroid dienone is 6. The van der Waals surface area contributed by atoms with E-state index >= 15 is 0 Å². The minimum atomic E-state index is -1.10. The molecule has 0 saturated heterocycles. The zero-order valence-electron chi connectivity index (χ0n) is 9.63. The van der Waals surface area contributed by atoms with Crippen LogP contribution >= 0.6 is 11.6 Å². The summed E-state index contributed by atoms with van der Waals surface area (Å²) in [5, 5.41) is 16.0. The van der Waals surface area contributed by atoms with Crippen molar-refractivity contribution in [3.05, 3.63) is 47.6 Å². The summed E-state index contributed by atoms with van der Waals surface area (Å²) in [6.07, 6.45) is 10.6. The molecule has 0 heterocycles. The first-order valence-electron chi connectivity index (χ1n) is 4.69. The number of hydrogen-bond acceptors (Lipinski definition) is 2. The van der Waals surface area contributed by atoms with Crippen molar-refractivity contribution in [3.8, 4) is 0 Å². The molecule has 0 aromatic rings. The minimum Gasteiger partial charge on any atom is -0.478 e. The quantitative estimate of drug-likeness (QED) is 0.600. The molecule has 17 heavy (non-hydrogen) atoms. The first kappa shape index (κ1) is 17.6. The normalized spacial score (nSPS) is 11.8. The highest BCUT2D eigenvalue weighted by Gasteiger charge is 1.98. The molecule has 0 saturated carbocycles. The van der Waals surface area contributed by atoms with Gasteiger partial charge in [-0.3, -0.25) is 0 Å². The van der Waals surface area contributed by atoms with E-state index in [4.69, 9.17) is 21.8 Å². The highest BCUT2D eigenvalue weighted by atomic mass is 35.5. The average molecular weight is 259 g/mol. The number of rotatable bonds is 4. The topological polar surface area (TPSA) is 74.6 Å². The van der Waals surface area contributed by atoms with Crippen LogP contribution < -0.4 is 0 Å². The van der Waals surface area contributed by atoms with Gasteiger partial charge in [0.15, 0.2) is 0 Å². The Morgan fingerprint density at radius 3 is 1.88 bits per heavy atom. The van der Waals surface area contributed by atoms with Gasteiger partial charge in [-0.05, 0) is 19.9 Å². The SMILES string of the molecule is C/C=C/C=C(\Cl)C(=O)O.C/C=C/C=C/C(=O)O. The molecular formula is C12H15ClO4. The van der Waals surface area contributed by atoms with E-state index in [0.29, 0.717) is 0 Å². The van der Waals surface area contributed by atoms with Crippen molar-refractivity contribution >= 4 is 23.5 Å². The summed E-state index contributed by atoms with van der Waals surface area (Å²) in [5.74, 6) is -2.02. The maximum absolute atomic E-state index is 9.97. The van der Waals surface area contributed by atoms with Crippen LogP contribution in [0.5, 0.6) is 0 Å². The number of aliphatic carboxylic acids is 2. The Morgan fingerprint density at radius 2 is 1.53 bits per heavy atom. The molecule has 0 aliphatic heterocycles. The molecule has 0 spiro atoms. The van der Waals surface area contributed by atoms with Crippen molar-refractivity contribution in [2.24, 2.45) is 0 Å². The van der Waals surface area contributed by atoms with Gasteiger partial charge in [0.1, 0.15) is 5.03 Å². The van der Waals surface area contributed by atoms with E-state index in [1.807, 2.05) is 6.92 Å². The zero-order chi connectivity index (χ0) is 13.7. The van der Waals surface area contributed by atoms with Crippen LogP contribution in [-0.2, 0) is 9.59 Å². The van der Waals surface area contributed by atoms with Gasteiger partial charge in [0.05, 0.1) is 0 Å². The molecule has 2 N–H and O–H groups in total. The van der Waals surface area contributed by atoms with Gasteiger partial charge in [-0.2, -0.15) is 0 Å². The van der Waals surface area contributed by atoms with Gasteiger partial charge in [-0.15, -0.1) is 0 Å². The van der Waals surface area contributed by atoms with E-state index in [0.717, 1.165) is 6.08 Å². The molecule has 0 bridgehead atoms. The Kier molecular flexibility index (Phi) is 12.7. The summed E-state index contributed by atoms with van der Waals surface area (Å²) in [6.45, 7) is 3.61. The van der Waals surface area contributed by atoms with Crippen LogP contribution in [0.3, 0.4) is 0 Å². The van der Waals surface area contributed by atoms with Crippen molar-refractivity contribution in [1.82, 2.24) is 0 Å². The molecule has 4 nitrogen and oxygen atoms in total. The monoisotopic (exact) mass is 258 g/mol. The van der Waals surface area contributed by atoms with Crippen LogP contribution in [0, 0.1) is 0 Å². The molecule has 94 valence electrons. The number of carboxylic acids is 2. The lowest BCUT2D eigenvalue weighted by atomic mass is 10.4. The Balaban J connectivity index is 0. The van der Waals surface area contributed by atoms with Crippen molar-refractivity contribution in [2.45, 2.75) is 13.8 Å². The standard InChI is InChI=1S/C6H7ClO2.C6H8O2/c1-2-3-4-5(7)6(8)9;1-2-3-4-5-6(7)8/h2-4H,1H3,(H,8,9);2-5H,1H3,(H,7,8)/b3-2+,5-4-;3-2+,5-4+. The van der Waals surface area contributed by atoms with Gasteiger partial charge in [0.2, 0.25) is 0 Å². The molecule has 0 atom stereocenters. The van der Waals surface area contributed by atoms with E-state index < -0.39 is 11.9 Å². The van der Waals surface area contributed by atoms with Gasteiger partial charge in [0.25, 0.3) is 0 Å². The van der Waals surface area contributed by atoms with Crippen LogP contribution in [0.15, 0.2) is 47.6 Å². The van der Waals surface area contributed by atoms with Gasteiger partial charge in [-0.25, -0.2) is 9.59 Å². The van der Waals surface area contributed by atoms with Gasteiger partial charge >= 0.3 is 11.9 Å². The predicted molar refractivity (Wildman–Crippen MR) is 68.0 cm³/mol. The summed E-state index contributed by atoms with van der Waals surface area (Å²) in [4.78, 5) is 19.7. The number of hydrogen-bond donors (Lipinski definition) is 2. The highest BCUT2D eigenvalue weighted by molar-refractivity contribution is 6.41. The van der Waals surface area contributed by atoms with Crippen molar-refractivity contribution in [1.29, 1.82) is 0 Å². The van der Waals surface area contributed by atoms with Crippen LogP contribution in [0.25, 0.3) is 0 Å².